The van der Waals surface area contributed by atoms with Gasteiger partial charge in [0.2, 0.25) is 0 Å². The number of nitrogens with two attached hydrogens (primary N) is 1. The lowest BCUT2D eigenvalue weighted by molar-refractivity contribution is 0.0930. The number of benzene rings is 1. The molecule has 0 saturated heterocycles. The van der Waals surface area contributed by atoms with Crippen LogP contribution in [0.5, 0.6) is 5.75 Å². The lowest BCUT2D eigenvalue weighted by Gasteiger charge is -2.05. The van der Waals surface area contributed by atoms with Crippen molar-refractivity contribution >= 4 is 11.8 Å². The fourth-order valence-corrected chi connectivity index (χ4v) is 1.64. The van der Waals surface area contributed by atoms with E-state index in [1.54, 1.807) is 36.4 Å². The predicted molar refractivity (Wildman–Crippen MR) is 79.3 cm³/mol. The second kappa shape index (κ2) is 7.55. The molecule has 0 aliphatic rings. The Balaban J connectivity index is 1.78. The highest BCUT2D eigenvalue weighted by atomic mass is 16.5. The number of para-hydroxylation sites is 1. The molecule has 0 unspecified atom stereocenters. The zero-order valence-corrected chi connectivity index (χ0v) is 11.7. The Hall–Kier alpha value is -3.20. The molecular weight excluding hydrogens is 284 g/mol. The number of carbonyl (C=O) groups excluding carboxylic acids is 2. The summed E-state index contributed by atoms with van der Waals surface area (Å²) in [5, 5.41) is 2.58. The monoisotopic (exact) mass is 298 g/mol. The number of hydrogen-bond acceptors (Lipinski definition) is 4. The molecule has 0 saturated carbocycles. The molecule has 1 aromatic heterocycles. The van der Waals surface area contributed by atoms with E-state index in [0.29, 0.717) is 11.3 Å². The van der Waals surface area contributed by atoms with Crippen molar-refractivity contribution in [3.8, 4) is 17.6 Å². The van der Waals surface area contributed by atoms with E-state index in [1.807, 2.05) is 0 Å². The molecule has 3 N–H and O–H groups in total. The fourth-order valence-electron chi connectivity index (χ4n) is 1.64. The number of nitrogens with one attached hydrogen (secondary N) is 1. The summed E-state index contributed by atoms with van der Waals surface area (Å²) in [7, 11) is 0. The number of ether oxygens (including phenoxy) is 1. The first-order valence-corrected chi connectivity index (χ1v) is 6.47. The molecule has 0 bridgehead atoms. The fraction of sp³-hybridized carbons (Fsp3) is 0.125. The maximum absolute atomic E-state index is 11.5. The minimum atomic E-state index is -0.561. The lowest BCUT2D eigenvalue weighted by atomic mass is 10.2. The van der Waals surface area contributed by atoms with Crippen LogP contribution in [0.25, 0.3) is 0 Å². The summed E-state index contributed by atoms with van der Waals surface area (Å²) < 4.78 is 10.3. The van der Waals surface area contributed by atoms with Gasteiger partial charge in [-0.15, -0.1) is 0 Å². The van der Waals surface area contributed by atoms with E-state index in [2.05, 4.69) is 17.2 Å². The molecule has 6 nitrogen and oxygen atoms in total. The van der Waals surface area contributed by atoms with Gasteiger partial charge in [-0.05, 0) is 24.3 Å². The van der Waals surface area contributed by atoms with Crippen LogP contribution in [0.15, 0.2) is 47.1 Å². The zero-order chi connectivity index (χ0) is 15.8. The number of rotatable bonds is 5. The molecular formula is C16H14N2O4. The van der Waals surface area contributed by atoms with Crippen molar-refractivity contribution in [1.29, 1.82) is 0 Å². The molecule has 0 fully saturated rings. The molecule has 0 aliphatic heterocycles. The third-order valence-corrected chi connectivity index (χ3v) is 2.66. The average Bonchev–Trinajstić information content (AvgIpc) is 3.05. The van der Waals surface area contributed by atoms with Crippen LogP contribution < -0.4 is 15.8 Å². The van der Waals surface area contributed by atoms with E-state index in [9.17, 15) is 9.59 Å². The molecule has 0 atom stereocenters. The second-order valence-electron chi connectivity index (χ2n) is 4.16. The highest BCUT2D eigenvalue weighted by molar-refractivity contribution is 5.95. The normalized spacial score (nSPS) is 9.45. The van der Waals surface area contributed by atoms with Crippen LogP contribution in [0.1, 0.15) is 20.9 Å². The van der Waals surface area contributed by atoms with Gasteiger partial charge in [0.15, 0.2) is 5.76 Å². The molecule has 2 aromatic rings. The first-order chi connectivity index (χ1) is 10.7. The SMILES string of the molecule is NC(=O)c1ccccc1OCC#CCNC(=O)c1ccco1. The minimum Gasteiger partial charge on any atom is -0.480 e. The quantitative estimate of drug-likeness (QED) is 0.811. The Morgan fingerprint density at radius 2 is 2.00 bits per heavy atom. The van der Waals surface area contributed by atoms with E-state index in [0.717, 1.165) is 0 Å². The van der Waals surface area contributed by atoms with Crippen molar-refractivity contribution in [2.24, 2.45) is 5.73 Å². The van der Waals surface area contributed by atoms with Gasteiger partial charge in [-0.2, -0.15) is 0 Å². The Morgan fingerprint density at radius 1 is 1.18 bits per heavy atom. The number of furan rings is 1. The van der Waals surface area contributed by atoms with Crippen molar-refractivity contribution in [2.75, 3.05) is 13.2 Å². The second-order valence-corrected chi connectivity index (χ2v) is 4.16. The molecule has 1 heterocycles. The summed E-state index contributed by atoms with van der Waals surface area (Å²) in [6, 6.07) is 9.84. The van der Waals surface area contributed by atoms with Gasteiger partial charge in [0.05, 0.1) is 18.4 Å². The smallest absolute Gasteiger partial charge is 0.287 e. The molecule has 2 amide bonds. The largest absolute Gasteiger partial charge is 0.480 e. The van der Waals surface area contributed by atoms with Crippen molar-refractivity contribution < 1.29 is 18.7 Å². The molecule has 2 rings (SSSR count). The van der Waals surface area contributed by atoms with Crippen molar-refractivity contribution in [1.82, 2.24) is 5.32 Å². The molecule has 0 spiro atoms. The number of hydrogen-bond donors (Lipinski definition) is 2. The van der Waals surface area contributed by atoms with E-state index in [1.165, 1.54) is 6.26 Å². The Labute approximate surface area is 127 Å². The zero-order valence-electron chi connectivity index (χ0n) is 11.7. The summed E-state index contributed by atoms with van der Waals surface area (Å²) in [6.45, 7) is 0.251. The standard InChI is InChI=1S/C16H14N2O4/c17-15(19)12-6-1-2-7-13(12)21-10-4-3-9-18-16(20)14-8-5-11-22-14/h1-2,5-8,11H,9-10H2,(H2,17,19)(H,18,20). The maximum Gasteiger partial charge on any atom is 0.287 e. The van der Waals surface area contributed by atoms with Crippen LogP contribution >= 0.6 is 0 Å². The molecule has 0 aliphatic carbocycles. The summed E-state index contributed by atoms with van der Waals surface area (Å²) in [4.78, 5) is 22.7. The van der Waals surface area contributed by atoms with E-state index < -0.39 is 5.91 Å². The summed E-state index contributed by atoms with van der Waals surface area (Å²) in [5.74, 6) is 5.18. The number of carbonyl (C=O) groups is 2. The molecule has 112 valence electrons. The summed E-state index contributed by atoms with van der Waals surface area (Å²) in [5.41, 5.74) is 5.54. The van der Waals surface area contributed by atoms with E-state index in [-0.39, 0.29) is 24.8 Å². The molecule has 1 aromatic carbocycles. The van der Waals surface area contributed by atoms with Gasteiger partial charge in [-0.3, -0.25) is 9.59 Å². The Kier molecular flexibility index (Phi) is 5.21. The van der Waals surface area contributed by atoms with Crippen molar-refractivity contribution in [2.45, 2.75) is 0 Å². The minimum absolute atomic E-state index is 0.0842. The van der Waals surface area contributed by atoms with Crippen LogP contribution in [0.4, 0.5) is 0 Å². The summed E-state index contributed by atoms with van der Waals surface area (Å²) >= 11 is 0. The van der Waals surface area contributed by atoms with Crippen LogP contribution in [0.2, 0.25) is 0 Å². The Bertz CT molecular complexity index is 711. The first kappa shape index (κ1) is 15.2. The third-order valence-electron chi connectivity index (χ3n) is 2.66. The number of amides is 2. The average molecular weight is 298 g/mol. The topological polar surface area (TPSA) is 94.6 Å². The first-order valence-electron chi connectivity index (χ1n) is 6.47. The van der Waals surface area contributed by atoms with Crippen LogP contribution in [0.3, 0.4) is 0 Å². The van der Waals surface area contributed by atoms with Gasteiger partial charge < -0.3 is 20.2 Å². The van der Waals surface area contributed by atoms with Gasteiger partial charge in [0.1, 0.15) is 12.4 Å². The van der Waals surface area contributed by atoms with Gasteiger partial charge in [-0.25, -0.2) is 0 Å². The highest BCUT2D eigenvalue weighted by Crippen LogP contribution is 2.16. The Morgan fingerprint density at radius 3 is 2.73 bits per heavy atom. The van der Waals surface area contributed by atoms with Crippen molar-refractivity contribution in [3.63, 3.8) is 0 Å². The summed E-state index contributed by atoms with van der Waals surface area (Å²) in [6.07, 6.45) is 1.42. The van der Waals surface area contributed by atoms with Crippen LogP contribution in [0, 0.1) is 11.8 Å². The third kappa shape index (κ3) is 4.15. The van der Waals surface area contributed by atoms with E-state index >= 15 is 0 Å². The van der Waals surface area contributed by atoms with Crippen LogP contribution in [-0.2, 0) is 0 Å². The molecule has 6 heteroatoms. The van der Waals surface area contributed by atoms with Crippen molar-refractivity contribution in [3.05, 3.63) is 54.0 Å². The van der Waals surface area contributed by atoms with Gasteiger partial charge in [0, 0.05) is 0 Å². The lowest BCUT2D eigenvalue weighted by Crippen LogP contribution is -2.23. The van der Waals surface area contributed by atoms with E-state index in [4.69, 9.17) is 14.9 Å². The number of primary amides is 1. The predicted octanol–water partition coefficient (Wildman–Crippen LogP) is 1.19. The highest BCUT2D eigenvalue weighted by Gasteiger charge is 2.07. The van der Waals surface area contributed by atoms with Gasteiger partial charge in [0.25, 0.3) is 11.8 Å². The molecule has 22 heavy (non-hydrogen) atoms. The van der Waals surface area contributed by atoms with Crippen LogP contribution in [-0.4, -0.2) is 25.0 Å². The van der Waals surface area contributed by atoms with Gasteiger partial charge in [-0.1, -0.05) is 24.0 Å². The maximum atomic E-state index is 11.5. The van der Waals surface area contributed by atoms with Gasteiger partial charge >= 0.3 is 0 Å². The molecule has 0 radical (unpaired) electrons.